The standard InChI is InChI=1S/C28H34/c1-2-8-21-16-26-17-25(13-12-23(26)14-19(21)6-1)27-11-5-10-24-15-20-7-3-4-9-22(20)18-28(24)27/h1-2,6,8,14,16,20,22,24-25,27-28H,3-5,7,9-13,15,18H2. The van der Waals surface area contributed by atoms with Crippen molar-refractivity contribution < 1.29 is 0 Å². The van der Waals surface area contributed by atoms with Crippen LogP contribution in [0.15, 0.2) is 36.4 Å². The fourth-order valence-electron chi connectivity index (χ4n) is 7.73. The van der Waals surface area contributed by atoms with Crippen molar-refractivity contribution in [2.75, 3.05) is 0 Å². The molecule has 0 amide bonds. The minimum Gasteiger partial charge on any atom is -0.0616 e. The van der Waals surface area contributed by atoms with Gasteiger partial charge < -0.3 is 0 Å². The summed E-state index contributed by atoms with van der Waals surface area (Å²) < 4.78 is 0. The lowest BCUT2D eigenvalue weighted by Gasteiger charge is -2.51. The first kappa shape index (κ1) is 17.5. The largest absolute Gasteiger partial charge is 0.0616 e. The molecular weight excluding hydrogens is 336 g/mol. The third-order valence-corrected chi connectivity index (χ3v) is 9.07. The molecule has 6 atom stereocenters. The molecule has 2 aromatic carbocycles. The van der Waals surface area contributed by atoms with Gasteiger partial charge in [0.25, 0.3) is 0 Å². The Balaban J connectivity index is 1.25. The van der Waals surface area contributed by atoms with E-state index >= 15 is 0 Å². The quantitative estimate of drug-likeness (QED) is 0.488. The zero-order valence-corrected chi connectivity index (χ0v) is 17.2. The molecule has 0 heterocycles. The monoisotopic (exact) mass is 370 g/mol. The molecule has 0 nitrogen and oxygen atoms in total. The van der Waals surface area contributed by atoms with E-state index in [9.17, 15) is 0 Å². The van der Waals surface area contributed by atoms with Crippen LogP contribution in [0.2, 0.25) is 0 Å². The molecule has 3 fully saturated rings. The van der Waals surface area contributed by atoms with Crippen LogP contribution in [0.3, 0.4) is 0 Å². The van der Waals surface area contributed by atoms with Crippen LogP contribution in [0.4, 0.5) is 0 Å². The Hall–Kier alpha value is -1.30. The van der Waals surface area contributed by atoms with Gasteiger partial charge in [-0.3, -0.25) is 0 Å². The highest BCUT2D eigenvalue weighted by Crippen LogP contribution is 2.54. The van der Waals surface area contributed by atoms with Crippen LogP contribution in [0.5, 0.6) is 0 Å². The minimum absolute atomic E-state index is 0.710. The fourth-order valence-corrected chi connectivity index (χ4v) is 7.73. The fraction of sp³-hybridized carbons (Fsp3) is 0.607. The van der Waals surface area contributed by atoms with Crippen LogP contribution in [0, 0.1) is 41.9 Å². The van der Waals surface area contributed by atoms with Crippen LogP contribution in [-0.4, -0.2) is 0 Å². The summed E-state index contributed by atoms with van der Waals surface area (Å²) in [6, 6.07) is 13.7. The van der Waals surface area contributed by atoms with Gasteiger partial charge in [0.15, 0.2) is 0 Å². The van der Waals surface area contributed by atoms with Crippen LogP contribution in [0.25, 0.3) is 10.8 Å². The maximum absolute atomic E-state index is 4.06. The Kier molecular flexibility index (Phi) is 4.51. The molecule has 4 aliphatic rings. The SMILES string of the molecule is [C]1c2cc3ccccc3cc2CCC1C1CCCC2CC3CCCCC3CC21. The molecule has 28 heavy (non-hydrogen) atoms. The van der Waals surface area contributed by atoms with E-state index in [4.69, 9.17) is 0 Å². The number of aryl methyl sites for hydroxylation is 1. The van der Waals surface area contributed by atoms with Crippen molar-refractivity contribution in [1.82, 2.24) is 0 Å². The first-order valence-corrected chi connectivity index (χ1v) is 12.1. The molecule has 0 spiro atoms. The lowest BCUT2D eigenvalue weighted by molar-refractivity contribution is 0.000573. The second-order valence-corrected chi connectivity index (χ2v) is 10.4. The Morgan fingerprint density at radius 3 is 2.29 bits per heavy atom. The zero-order chi connectivity index (χ0) is 18.5. The summed E-state index contributed by atoms with van der Waals surface area (Å²) in [5.74, 6) is 5.82. The third-order valence-electron chi connectivity index (χ3n) is 9.07. The van der Waals surface area contributed by atoms with E-state index in [0.29, 0.717) is 5.92 Å². The van der Waals surface area contributed by atoms with Gasteiger partial charge in [0.05, 0.1) is 0 Å². The van der Waals surface area contributed by atoms with Gasteiger partial charge in [0, 0.05) is 6.42 Å². The summed E-state index contributed by atoms with van der Waals surface area (Å²) in [5, 5.41) is 2.79. The van der Waals surface area contributed by atoms with E-state index in [2.05, 4.69) is 42.8 Å². The average molecular weight is 371 g/mol. The van der Waals surface area contributed by atoms with Gasteiger partial charge in [0.1, 0.15) is 0 Å². The van der Waals surface area contributed by atoms with Gasteiger partial charge in [-0.05, 0) is 89.5 Å². The van der Waals surface area contributed by atoms with Crippen molar-refractivity contribution in [2.45, 2.75) is 70.6 Å². The Morgan fingerprint density at radius 1 is 0.679 bits per heavy atom. The zero-order valence-electron chi connectivity index (χ0n) is 17.2. The summed E-state index contributed by atoms with van der Waals surface area (Å²) in [7, 11) is 0. The maximum Gasteiger partial charge on any atom is 0.0204 e. The molecule has 0 N–H and O–H groups in total. The molecule has 2 radical (unpaired) electrons. The summed E-state index contributed by atoms with van der Waals surface area (Å²) in [4.78, 5) is 0. The van der Waals surface area contributed by atoms with Crippen molar-refractivity contribution in [3.63, 3.8) is 0 Å². The predicted molar refractivity (Wildman–Crippen MR) is 117 cm³/mol. The highest BCUT2D eigenvalue weighted by Gasteiger charge is 2.45. The Labute approximate surface area is 171 Å². The minimum atomic E-state index is 0.710. The topological polar surface area (TPSA) is 0 Å². The number of hydrogen-bond acceptors (Lipinski definition) is 0. The smallest absolute Gasteiger partial charge is 0.0204 e. The predicted octanol–water partition coefficient (Wildman–Crippen LogP) is 7.46. The average Bonchev–Trinajstić information content (AvgIpc) is 2.75. The van der Waals surface area contributed by atoms with Gasteiger partial charge >= 0.3 is 0 Å². The van der Waals surface area contributed by atoms with Crippen molar-refractivity contribution in [2.24, 2.45) is 35.5 Å². The molecule has 2 aromatic rings. The van der Waals surface area contributed by atoms with E-state index in [0.717, 1.165) is 29.6 Å². The molecule has 3 saturated carbocycles. The normalized spacial score (nSPS) is 37.7. The highest BCUT2D eigenvalue weighted by atomic mass is 14.5. The Morgan fingerprint density at radius 2 is 1.43 bits per heavy atom. The van der Waals surface area contributed by atoms with Crippen molar-refractivity contribution in [3.05, 3.63) is 53.9 Å². The van der Waals surface area contributed by atoms with Crippen molar-refractivity contribution >= 4 is 10.8 Å². The Bertz CT molecular complexity index is 848. The third kappa shape index (κ3) is 3.03. The highest BCUT2D eigenvalue weighted by molar-refractivity contribution is 5.84. The molecular formula is C28H34. The number of fused-ring (bicyclic) bond motifs is 4. The van der Waals surface area contributed by atoms with Crippen LogP contribution >= 0.6 is 0 Å². The molecule has 6 unspecified atom stereocenters. The lowest BCUT2D eigenvalue weighted by atomic mass is 9.54. The molecule has 0 aliphatic heterocycles. The molecule has 0 aromatic heterocycles. The van der Waals surface area contributed by atoms with Crippen molar-refractivity contribution in [1.29, 1.82) is 0 Å². The molecule has 0 bridgehead atoms. The van der Waals surface area contributed by atoms with Gasteiger partial charge in [-0.1, -0.05) is 74.9 Å². The van der Waals surface area contributed by atoms with E-state index in [1.54, 1.807) is 24.8 Å². The first-order valence-electron chi connectivity index (χ1n) is 12.1. The second kappa shape index (κ2) is 7.19. The molecule has 146 valence electrons. The molecule has 6 rings (SSSR count). The summed E-state index contributed by atoms with van der Waals surface area (Å²) >= 11 is 0. The molecule has 0 heteroatoms. The first-order chi connectivity index (χ1) is 13.8. The number of rotatable bonds is 1. The van der Waals surface area contributed by atoms with Gasteiger partial charge in [0.2, 0.25) is 0 Å². The van der Waals surface area contributed by atoms with Crippen LogP contribution in [-0.2, 0) is 6.42 Å². The van der Waals surface area contributed by atoms with E-state index in [-0.39, 0.29) is 0 Å². The van der Waals surface area contributed by atoms with Crippen LogP contribution < -0.4 is 0 Å². The van der Waals surface area contributed by atoms with E-state index in [1.165, 1.54) is 67.7 Å². The number of hydrogen-bond donors (Lipinski definition) is 0. The van der Waals surface area contributed by atoms with Crippen molar-refractivity contribution in [3.8, 4) is 0 Å². The summed E-state index contributed by atoms with van der Waals surface area (Å²) in [5.41, 5.74) is 2.97. The summed E-state index contributed by atoms with van der Waals surface area (Å²) in [6.45, 7) is 0. The molecule has 0 saturated heterocycles. The maximum atomic E-state index is 4.06. The number of benzene rings is 2. The lowest BCUT2D eigenvalue weighted by Crippen LogP contribution is -2.42. The molecule has 4 aliphatic carbocycles. The second-order valence-electron chi connectivity index (χ2n) is 10.4. The summed E-state index contributed by atoms with van der Waals surface area (Å²) in [6.07, 6.45) is 20.4. The van der Waals surface area contributed by atoms with Gasteiger partial charge in [-0.2, -0.15) is 0 Å². The van der Waals surface area contributed by atoms with Gasteiger partial charge in [-0.25, -0.2) is 0 Å². The van der Waals surface area contributed by atoms with E-state index < -0.39 is 0 Å². The van der Waals surface area contributed by atoms with Crippen LogP contribution in [0.1, 0.15) is 75.3 Å². The van der Waals surface area contributed by atoms with E-state index in [1.807, 2.05) is 0 Å². The van der Waals surface area contributed by atoms with Gasteiger partial charge in [-0.15, -0.1) is 0 Å².